The lowest BCUT2D eigenvalue weighted by Crippen LogP contribution is -2.60. The lowest BCUT2D eigenvalue weighted by molar-refractivity contribution is -0.302. The largest absolute Gasteiger partial charge is 0.394 e. The number of carbonyl (C=O) groups is 1. The van der Waals surface area contributed by atoms with Crippen LogP contribution in [0.15, 0.2) is 36.5 Å². The summed E-state index contributed by atoms with van der Waals surface area (Å²) in [6.45, 7) is 3.75. The van der Waals surface area contributed by atoms with E-state index in [9.17, 15) is 30.3 Å². The van der Waals surface area contributed by atoms with Crippen LogP contribution in [-0.4, -0.2) is 87.5 Å². The predicted octanol–water partition coefficient (Wildman–Crippen LogP) is 15.1. The van der Waals surface area contributed by atoms with E-state index in [0.29, 0.717) is 12.8 Å². The van der Waals surface area contributed by atoms with Crippen LogP contribution in [0.5, 0.6) is 0 Å². The third-order valence-corrected chi connectivity index (χ3v) is 14.5. The fraction of sp³-hybridized carbons (Fsp3) is 0.885. The monoisotopic (exact) mass is 990 g/mol. The smallest absolute Gasteiger partial charge is 0.220 e. The third-order valence-electron chi connectivity index (χ3n) is 14.5. The molecule has 0 bridgehead atoms. The van der Waals surface area contributed by atoms with Crippen LogP contribution < -0.4 is 5.32 Å². The fourth-order valence-electron chi connectivity index (χ4n) is 9.77. The molecule has 1 amide bonds. The summed E-state index contributed by atoms with van der Waals surface area (Å²) in [4.78, 5) is 13.1. The van der Waals surface area contributed by atoms with Gasteiger partial charge in [-0.05, 0) is 44.9 Å². The van der Waals surface area contributed by atoms with E-state index in [0.717, 1.165) is 70.6 Å². The highest BCUT2D eigenvalue weighted by atomic mass is 16.7. The zero-order valence-electron chi connectivity index (χ0n) is 45.8. The molecular formula is C61H115NO8. The second-order valence-corrected chi connectivity index (χ2v) is 21.1. The summed E-state index contributed by atoms with van der Waals surface area (Å²) in [5.41, 5.74) is 0. The Bertz CT molecular complexity index is 1190. The van der Waals surface area contributed by atoms with Gasteiger partial charge in [-0.3, -0.25) is 4.79 Å². The first-order chi connectivity index (χ1) is 34.3. The summed E-state index contributed by atoms with van der Waals surface area (Å²) in [7, 11) is 0. The van der Waals surface area contributed by atoms with Crippen LogP contribution in [0.25, 0.3) is 0 Å². The Kier molecular flexibility index (Phi) is 48.3. The van der Waals surface area contributed by atoms with Gasteiger partial charge < -0.3 is 40.3 Å². The molecule has 0 aromatic rings. The molecular weight excluding hydrogens is 875 g/mol. The van der Waals surface area contributed by atoms with Crippen molar-refractivity contribution >= 4 is 5.91 Å². The van der Waals surface area contributed by atoms with Crippen LogP contribution in [-0.2, 0) is 14.3 Å². The van der Waals surface area contributed by atoms with Crippen LogP contribution in [0, 0.1) is 0 Å². The van der Waals surface area contributed by atoms with E-state index < -0.39 is 49.5 Å². The van der Waals surface area contributed by atoms with Crippen molar-refractivity contribution in [2.24, 2.45) is 0 Å². The number of hydrogen-bond acceptors (Lipinski definition) is 8. The van der Waals surface area contributed by atoms with E-state index in [1.807, 2.05) is 0 Å². The first-order valence-corrected chi connectivity index (χ1v) is 30.2. The minimum atomic E-state index is -1.56. The minimum absolute atomic E-state index is 0.141. The third kappa shape index (κ3) is 39.9. The van der Waals surface area contributed by atoms with E-state index in [1.165, 1.54) is 193 Å². The van der Waals surface area contributed by atoms with E-state index >= 15 is 0 Å². The van der Waals surface area contributed by atoms with Crippen molar-refractivity contribution in [1.82, 2.24) is 5.32 Å². The molecule has 1 aliphatic heterocycles. The molecule has 1 saturated heterocycles. The molecule has 7 atom stereocenters. The van der Waals surface area contributed by atoms with Gasteiger partial charge in [-0.15, -0.1) is 0 Å². The Morgan fingerprint density at radius 2 is 0.886 bits per heavy atom. The van der Waals surface area contributed by atoms with Gasteiger partial charge in [0.15, 0.2) is 6.29 Å². The maximum absolute atomic E-state index is 13.1. The van der Waals surface area contributed by atoms with Gasteiger partial charge in [-0.2, -0.15) is 0 Å². The van der Waals surface area contributed by atoms with Crippen molar-refractivity contribution in [2.75, 3.05) is 13.2 Å². The lowest BCUT2D eigenvalue weighted by Gasteiger charge is -2.40. The number of amides is 1. The van der Waals surface area contributed by atoms with Gasteiger partial charge in [0, 0.05) is 6.42 Å². The maximum atomic E-state index is 13.1. The van der Waals surface area contributed by atoms with E-state index in [1.54, 1.807) is 0 Å². The molecule has 412 valence electrons. The summed E-state index contributed by atoms with van der Waals surface area (Å²) in [5.74, 6) is -0.152. The molecule has 7 unspecified atom stereocenters. The second-order valence-electron chi connectivity index (χ2n) is 21.1. The van der Waals surface area contributed by atoms with Crippen molar-refractivity contribution in [3.63, 3.8) is 0 Å². The average molecular weight is 991 g/mol. The highest BCUT2D eigenvalue weighted by Gasteiger charge is 2.44. The van der Waals surface area contributed by atoms with Crippen LogP contribution in [0.1, 0.15) is 290 Å². The molecule has 1 fully saturated rings. The van der Waals surface area contributed by atoms with Gasteiger partial charge in [0.2, 0.25) is 5.91 Å². The van der Waals surface area contributed by atoms with Crippen molar-refractivity contribution in [3.8, 4) is 0 Å². The first kappa shape index (κ1) is 66.4. The number of aliphatic hydroxyl groups is 5. The molecule has 6 N–H and O–H groups in total. The van der Waals surface area contributed by atoms with Crippen molar-refractivity contribution in [2.45, 2.75) is 333 Å². The highest BCUT2D eigenvalue weighted by molar-refractivity contribution is 5.76. The molecule has 0 saturated carbocycles. The Morgan fingerprint density at radius 3 is 1.31 bits per heavy atom. The van der Waals surface area contributed by atoms with Gasteiger partial charge in [-0.25, -0.2) is 0 Å². The molecule has 0 radical (unpaired) electrons. The minimum Gasteiger partial charge on any atom is -0.394 e. The van der Waals surface area contributed by atoms with Crippen LogP contribution >= 0.6 is 0 Å². The van der Waals surface area contributed by atoms with Crippen LogP contribution in [0.3, 0.4) is 0 Å². The Balaban J connectivity index is 2.14. The normalized spacial score (nSPS) is 19.6. The van der Waals surface area contributed by atoms with Crippen molar-refractivity contribution in [3.05, 3.63) is 36.5 Å². The molecule has 0 spiro atoms. The predicted molar refractivity (Wildman–Crippen MR) is 295 cm³/mol. The van der Waals surface area contributed by atoms with E-state index in [4.69, 9.17) is 9.47 Å². The molecule has 70 heavy (non-hydrogen) atoms. The number of rotatable bonds is 52. The van der Waals surface area contributed by atoms with Crippen molar-refractivity contribution < 1.29 is 39.8 Å². The molecule has 0 aromatic heterocycles. The first-order valence-electron chi connectivity index (χ1n) is 30.2. The number of allylic oxidation sites excluding steroid dienone is 6. The summed E-state index contributed by atoms with van der Waals surface area (Å²) >= 11 is 0. The molecule has 1 rings (SSSR count). The average Bonchev–Trinajstić information content (AvgIpc) is 3.36. The molecule has 9 nitrogen and oxygen atoms in total. The van der Waals surface area contributed by atoms with Gasteiger partial charge >= 0.3 is 0 Å². The molecule has 0 aliphatic carbocycles. The SMILES string of the molecule is CC/C=C\C/C=C\C/C=C\CCCCCCCCCC(=O)NC(COC1OC(CO)C(O)C(O)C1O)C(O)CCCCCCCCCCCCCCCCCCCCCCCCCCCCCCCC. The summed E-state index contributed by atoms with van der Waals surface area (Å²) < 4.78 is 11.3. The molecule has 1 aliphatic rings. The van der Waals surface area contributed by atoms with E-state index in [-0.39, 0.29) is 12.5 Å². The lowest BCUT2D eigenvalue weighted by atomic mass is 9.99. The zero-order valence-corrected chi connectivity index (χ0v) is 45.8. The highest BCUT2D eigenvalue weighted by Crippen LogP contribution is 2.23. The quantitative estimate of drug-likeness (QED) is 0.0261. The van der Waals surface area contributed by atoms with Gasteiger partial charge in [0.05, 0.1) is 25.4 Å². The van der Waals surface area contributed by atoms with Gasteiger partial charge in [0.1, 0.15) is 24.4 Å². The molecule has 1 heterocycles. The standard InChI is InChI=1S/C61H115NO8/c1-3-5-7-9-11-13-15-17-19-21-22-23-24-25-26-27-28-29-30-31-32-33-35-36-38-40-42-44-46-48-50-55(64)54(53-69-61-60(68)59(67)58(66)56(52-63)70-61)62-57(65)51-49-47-45-43-41-39-37-34-20-18-16-14-12-10-8-6-4-2/h6,8,12,14,18,20,54-56,58-61,63-64,66-68H,3-5,7,9-11,13,15-17,19,21-53H2,1-2H3,(H,62,65)/b8-6-,14-12-,20-18-. The zero-order chi connectivity index (χ0) is 50.8. The molecule has 0 aromatic carbocycles. The van der Waals surface area contributed by atoms with Crippen molar-refractivity contribution in [1.29, 1.82) is 0 Å². The fourth-order valence-corrected chi connectivity index (χ4v) is 9.77. The summed E-state index contributed by atoms with van der Waals surface area (Å²) in [6, 6.07) is -0.725. The van der Waals surface area contributed by atoms with Crippen LogP contribution in [0.2, 0.25) is 0 Å². The summed E-state index contributed by atoms with van der Waals surface area (Å²) in [5, 5.41) is 54.7. The molecule has 9 heteroatoms. The number of aliphatic hydroxyl groups excluding tert-OH is 5. The number of nitrogens with one attached hydrogen (secondary N) is 1. The summed E-state index contributed by atoms with van der Waals surface area (Å²) in [6.07, 6.45) is 59.0. The number of ether oxygens (including phenoxy) is 2. The number of carbonyl (C=O) groups excluding carboxylic acids is 1. The topological polar surface area (TPSA) is 149 Å². The Morgan fingerprint density at radius 1 is 0.500 bits per heavy atom. The van der Waals surface area contributed by atoms with Crippen LogP contribution in [0.4, 0.5) is 0 Å². The Hall–Kier alpha value is -1.59. The maximum Gasteiger partial charge on any atom is 0.220 e. The van der Waals surface area contributed by atoms with Gasteiger partial charge in [-0.1, -0.05) is 275 Å². The number of hydrogen-bond donors (Lipinski definition) is 6. The number of unbranched alkanes of at least 4 members (excludes halogenated alkanes) is 36. The van der Waals surface area contributed by atoms with Gasteiger partial charge in [0.25, 0.3) is 0 Å². The van der Waals surface area contributed by atoms with E-state index in [2.05, 4.69) is 55.6 Å². The second kappa shape index (κ2) is 50.9. The Labute approximate surface area is 431 Å².